The molecule has 42 heteroatoms. The molecule has 32 nitrogen and oxygen atoms in total. The smallest absolute Gasteiger partial charge is 0.413 e. The molecule has 0 N–H and O–H groups in total. The van der Waals surface area contributed by atoms with Crippen molar-refractivity contribution < 1.29 is 111 Å². The quantitative estimate of drug-likeness (QED) is 0.0640. The van der Waals surface area contributed by atoms with Crippen molar-refractivity contribution in [1.29, 1.82) is 5.26 Å². The van der Waals surface area contributed by atoms with Crippen LogP contribution in [0.4, 0.5) is 32.0 Å². The first kappa shape index (κ1) is 103. The summed E-state index contributed by atoms with van der Waals surface area (Å²) in [6.07, 6.45) is 27.8. The second kappa shape index (κ2) is 41.6. The summed E-state index contributed by atoms with van der Waals surface area (Å²) >= 11 is 0. The number of alkyl halides is 6. The van der Waals surface area contributed by atoms with Gasteiger partial charge in [-0.05, 0) is 154 Å². The van der Waals surface area contributed by atoms with Crippen LogP contribution in [-0.2, 0) is 118 Å². The molecule has 24 rings (SSSR count). The maximum Gasteiger partial charge on any atom is 2.00 e. The molecule has 20 heterocycles. The number of para-hydroxylation sites is 2. The number of benzene rings is 4. The summed E-state index contributed by atoms with van der Waals surface area (Å²) in [5.74, 6) is 4.89. The second-order valence-electron chi connectivity index (χ2n) is 35.0. The molecular formula is C106H70F6N32Pt4. The Hall–Kier alpha value is -16.4. The molecule has 0 radical (unpaired) electrons. The Bertz CT molecular complexity index is 8400. The zero-order valence-corrected chi connectivity index (χ0v) is 87.5. The van der Waals surface area contributed by atoms with Crippen LogP contribution in [0, 0.1) is 68.5 Å². The van der Waals surface area contributed by atoms with Gasteiger partial charge in [0.2, 0.25) is 0 Å². The molecule has 736 valence electrons. The maximum atomic E-state index is 13.1. The summed E-state index contributed by atoms with van der Waals surface area (Å²) in [5, 5.41) is 9.41. The summed E-state index contributed by atoms with van der Waals surface area (Å²) in [6, 6.07) is 69.1. The Morgan fingerprint density at radius 3 is 0.892 bits per heavy atom. The van der Waals surface area contributed by atoms with E-state index in [0.29, 0.717) is 102 Å². The fourth-order valence-corrected chi connectivity index (χ4v) is 16.5. The van der Waals surface area contributed by atoms with Crippen LogP contribution in [0.1, 0.15) is 118 Å². The fourth-order valence-electron chi connectivity index (χ4n) is 16.5. The van der Waals surface area contributed by atoms with E-state index in [4.69, 9.17) is 46.4 Å². The molecule has 0 saturated carbocycles. The molecule has 4 aromatic carbocycles. The van der Waals surface area contributed by atoms with Gasteiger partial charge >= 0.3 is 96.6 Å². The first-order valence-corrected chi connectivity index (χ1v) is 44.4. The number of fused-ring (bicyclic) bond motifs is 8. The van der Waals surface area contributed by atoms with Crippen LogP contribution < -0.4 is 0 Å². The number of hydrogen-bond acceptors (Lipinski definition) is 23. The predicted octanol–water partition coefficient (Wildman–Crippen LogP) is 19.1. The van der Waals surface area contributed by atoms with Gasteiger partial charge in [0.1, 0.15) is 0 Å². The van der Waals surface area contributed by atoms with Gasteiger partial charge in [-0.15, -0.1) is 0 Å². The molecule has 0 aliphatic carbocycles. The van der Waals surface area contributed by atoms with E-state index in [1.54, 1.807) is 116 Å². The Morgan fingerprint density at radius 1 is 0.284 bits per heavy atom. The van der Waals surface area contributed by atoms with Crippen molar-refractivity contribution in [3.63, 3.8) is 0 Å². The summed E-state index contributed by atoms with van der Waals surface area (Å²) in [7, 11) is 0. The van der Waals surface area contributed by atoms with Gasteiger partial charge in [0.15, 0.2) is 5.69 Å². The van der Waals surface area contributed by atoms with Gasteiger partial charge in [-0.3, -0.25) is 69.8 Å². The van der Waals surface area contributed by atoms with Gasteiger partial charge in [0.25, 0.3) is 0 Å². The van der Waals surface area contributed by atoms with Gasteiger partial charge in [0, 0.05) is 184 Å². The molecular weight excluding hydrogens is 2620 g/mol. The standard InChI is InChI=1S/C29H18F6N6.C29H18N8.C25H18N8.C23H16N10.4Pt/c1-27(2,23-5-3-7-25(38-23)40-15-36-19-13-17(28(30,31)32)9-11-21(19)40)24-6-4-8-26(39-24)41-16-37-20-14-18(29(33,34)35)10-12-22(20)41;1-29(2,23-12-6-14-25(34-23)36-17-32-27-19(16-30)8-4-10-21(27)36)24-13-7-15-26(35-24)37-18-33-28-20(31-3)9-5-11-22(28)37;1-25(2,21-5-3-7-23(30-21)32-15-28-17-9-11-26-13-19(17)32)22-6-4-8-24(31-22)33-16-29-18-10-12-27-14-20(18)33;1-23(2,15-5-3-7-17(30-15)32-13-28-19-21(32)26-11-9-24-19)16-6-4-8-18(31-16)33-14-29-20-22(33)27-12-10-25-20;;;;/h3-14H,1-2H3;4-15H,1-2H3;3-14H,1-2H3;3-12H,1-2H3;;;;/q4*-2;4*+2. The van der Waals surface area contributed by atoms with Gasteiger partial charge < -0.3 is 76.4 Å². The molecule has 0 aliphatic heterocycles. The Balaban J connectivity index is 0.000000134. The van der Waals surface area contributed by atoms with Crippen LogP contribution in [0.15, 0.2) is 280 Å². The molecule has 0 amide bonds. The number of rotatable bonds is 16. The third-order valence-corrected chi connectivity index (χ3v) is 24.5. The van der Waals surface area contributed by atoms with Crippen molar-refractivity contribution in [2.45, 2.75) is 89.4 Å². The molecule has 0 bridgehead atoms. The predicted molar refractivity (Wildman–Crippen MR) is 518 cm³/mol. The van der Waals surface area contributed by atoms with Crippen molar-refractivity contribution in [3.8, 4) is 52.6 Å². The van der Waals surface area contributed by atoms with E-state index < -0.39 is 45.1 Å². The minimum absolute atomic E-state index is 0. The number of nitriles is 1. The summed E-state index contributed by atoms with van der Waals surface area (Å²) < 4.78 is 92.4. The molecule has 24 aromatic rings. The topological polar surface area (TPSA) is 351 Å². The van der Waals surface area contributed by atoms with Crippen molar-refractivity contribution in [2.24, 2.45) is 0 Å². The minimum atomic E-state index is -4.49. The molecule has 0 aliphatic rings. The summed E-state index contributed by atoms with van der Waals surface area (Å²) in [5.41, 5.74) is 12.8. The molecule has 0 spiro atoms. The van der Waals surface area contributed by atoms with Crippen molar-refractivity contribution >= 4 is 94.5 Å². The summed E-state index contributed by atoms with van der Waals surface area (Å²) in [6.45, 7) is 23.7. The third kappa shape index (κ3) is 19.7. The number of aromatic nitrogens is 30. The first-order chi connectivity index (χ1) is 69.5. The molecule has 0 fully saturated rings. The average Bonchev–Trinajstić information content (AvgIpc) is 1.61. The largest absolute Gasteiger partial charge is 2.00 e. The molecule has 0 atom stereocenters. The van der Waals surface area contributed by atoms with Crippen LogP contribution in [0.3, 0.4) is 0 Å². The van der Waals surface area contributed by atoms with Crippen LogP contribution in [0.5, 0.6) is 0 Å². The third-order valence-electron chi connectivity index (χ3n) is 24.5. The van der Waals surface area contributed by atoms with E-state index in [2.05, 4.69) is 173 Å². The molecule has 0 saturated heterocycles. The first-order valence-electron chi connectivity index (χ1n) is 44.4. The van der Waals surface area contributed by atoms with Crippen LogP contribution in [-0.4, -0.2) is 146 Å². The number of hydrogen-bond donors (Lipinski definition) is 0. The Kier molecular flexibility index (Phi) is 29.0. The number of pyridine rings is 10. The van der Waals surface area contributed by atoms with E-state index in [9.17, 15) is 31.6 Å². The fraction of sp³-hybridized carbons (Fsp3) is 0.132. The Labute approximate surface area is 895 Å². The number of imidazole rings is 8. The molecule has 20 aromatic heterocycles. The molecule has 0 unspecified atom stereocenters. The second-order valence-corrected chi connectivity index (χ2v) is 35.0. The van der Waals surface area contributed by atoms with Gasteiger partial charge in [-0.25, -0.2) is 4.85 Å². The van der Waals surface area contributed by atoms with E-state index in [0.717, 1.165) is 103 Å². The van der Waals surface area contributed by atoms with Gasteiger partial charge in [-0.2, -0.15) is 31.6 Å². The van der Waals surface area contributed by atoms with Crippen molar-refractivity contribution in [3.05, 3.63) is 404 Å². The van der Waals surface area contributed by atoms with Crippen LogP contribution in [0.25, 0.3) is 140 Å². The normalized spacial score (nSPS) is 11.8. The minimum Gasteiger partial charge on any atom is -0.413 e. The van der Waals surface area contributed by atoms with E-state index in [1.165, 1.54) is 21.3 Å². The van der Waals surface area contributed by atoms with Crippen molar-refractivity contribution in [2.75, 3.05) is 0 Å². The van der Waals surface area contributed by atoms with Crippen molar-refractivity contribution in [1.82, 2.24) is 146 Å². The number of halogens is 6. The van der Waals surface area contributed by atoms with Crippen LogP contribution in [0.2, 0.25) is 0 Å². The van der Waals surface area contributed by atoms with E-state index >= 15 is 0 Å². The monoisotopic (exact) mass is 2680 g/mol. The average molecular weight is 2690 g/mol. The van der Waals surface area contributed by atoms with Gasteiger partial charge in [0.05, 0.1) is 81.8 Å². The van der Waals surface area contributed by atoms with E-state index in [1.807, 2.05) is 169 Å². The zero-order valence-electron chi connectivity index (χ0n) is 78.4. The van der Waals surface area contributed by atoms with Gasteiger partial charge in [-0.1, -0.05) is 199 Å². The molecule has 148 heavy (non-hydrogen) atoms. The van der Waals surface area contributed by atoms with Crippen LogP contribution >= 0.6 is 0 Å². The Morgan fingerprint density at radius 2 is 0.561 bits per heavy atom. The summed E-state index contributed by atoms with van der Waals surface area (Å²) in [4.78, 5) is 102. The van der Waals surface area contributed by atoms with E-state index in [-0.39, 0.29) is 95.3 Å². The maximum absolute atomic E-state index is 13.1. The number of nitrogens with zero attached hydrogens (tertiary/aromatic N) is 32. The SMILES string of the molecule is CC(C)(c1cccc(-n2[c-]nc3cc(C(F)(F)F)ccc32)n1)c1cccc(-n2[c-]nc3cc(C(F)(F)F)ccc32)n1.CC(C)(c1cccc(-n2[c-]nc3ccncc32)n1)c1cccc(-n2[c-]nc3ccncc32)n1.CC(C)(c1cccc(-n2[c-]nc3nccnc32)n1)c1cccc(-n2[c-]nc3nccnc32)n1.[C-]#[N+]c1cccc2c1n[c-]n2-c1cccc(C(C)(C)c2cccc(-n3[c-]nc4c(C#N)cccc43)n2)n1.[Pt+2].[Pt+2].[Pt+2].[Pt+2]. The zero-order chi connectivity index (χ0) is 99.6.